The molecule has 0 spiro atoms. The third-order valence-electron chi connectivity index (χ3n) is 7.60. The lowest BCUT2D eigenvalue weighted by molar-refractivity contribution is 0.0698. The Kier molecular flexibility index (Phi) is 6.43. The van der Waals surface area contributed by atoms with Crippen LogP contribution in [0.15, 0.2) is 51.7 Å². The monoisotopic (exact) mass is 462 g/mol. The van der Waals surface area contributed by atoms with Crippen molar-refractivity contribution in [2.45, 2.75) is 53.5 Å². The summed E-state index contributed by atoms with van der Waals surface area (Å²) in [7, 11) is 0. The minimum Gasteiger partial charge on any atom is -0.478 e. The van der Waals surface area contributed by atoms with E-state index in [1.807, 2.05) is 26.0 Å². The number of para-hydroxylation sites is 1. The quantitative estimate of drug-likeness (QED) is 0.451. The molecule has 2 N–H and O–H groups in total. The standard InChI is InChI=1S/C28H34N2O4/c1-17(2)28(5)10-12-30(13-11-28)25-16-24(31)22-15-18(3)14-21(26(22)34-25)19(4)29-23-9-7-6-8-20(23)27(32)33/h6-9,14-17,19,29H,10-13H2,1-5H3,(H,32,33). The SMILES string of the molecule is Cc1cc(C(C)Nc2ccccc2C(=O)O)c2oc(N3CCC(C)(C(C)C)CC3)cc(=O)c2c1. The second-order valence-corrected chi connectivity index (χ2v) is 10.2. The molecule has 0 saturated carbocycles. The second-order valence-electron chi connectivity index (χ2n) is 10.2. The Labute approximate surface area is 200 Å². The number of aromatic carboxylic acids is 1. The number of aryl methyl sites for hydroxylation is 1. The first-order chi connectivity index (χ1) is 16.1. The number of carboxylic acid groups (broad SMARTS) is 1. The van der Waals surface area contributed by atoms with Crippen molar-refractivity contribution >= 4 is 28.5 Å². The molecule has 0 radical (unpaired) electrons. The van der Waals surface area contributed by atoms with Gasteiger partial charge in [-0.1, -0.05) is 39.0 Å². The van der Waals surface area contributed by atoms with Gasteiger partial charge in [0.25, 0.3) is 0 Å². The first-order valence-corrected chi connectivity index (χ1v) is 12.0. The van der Waals surface area contributed by atoms with Crippen molar-refractivity contribution in [2.24, 2.45) is 11.3 Å². The van der Waals surface area contributed by atoms with E-state index in [0.29, 0.717) is 33.9 Å². The molecule has 0 bridgehead atoms. The summed E-state index contributed by atoms with van der Waals surface area (Å²) in [6.07, 6.45) is 2.11. The van der Waals surface area contributed by atoms with Crippen LogP contribution in [0.25, 0.3) is 11.0 Å². The van der Waals surface area contributed by atoms with Gasteiger partial charge in [0, 0.05) is 30.4 Å². The molecule has 1 fully saturated rings. The molecule has 2 aromatic carbocycles. The van der Waals surface area contributed by atoms with Crippen LogP contribution in [0.2, 0.25) is 0 Å². The summed E-state index contributed by atoms with van der Waals surface area (Å²) in [6.45, 7) is 12.5. The maximum absolute atomic E-state index is 13.1. The van der Waals surface area contributed by atoms with Crippen molar-refractivity contribution in [3.63, 3.8) is 0 Å². The van der Waals surface area contributed by atoms with E-state index in [4.69, 9.17) is 4.42 Å². The fourth-order valence-electron chi connectivity index (χ4n) is 4.82. The van der Waals surface area contributed by atoms with Gasteiger partial charge < -0.3 is 19.7 Å². The molecule has 34 heavy (non-hydrogen) atoms. The molecule has 3 aromatic rings. The molecule has 1 saturated heterocycles. The molecule has 1 aliphatic rings. The van der Waals surface area contributed by atoms with Crippen molar-refractivity contribution < 1.29 is 14.3 Å². The molecule has 6 nitrogen and oxygen atoms in total. The Morgan fingerprint density at radius 1 is 1.12 bits per heavy atom. The number of rotatable bonds is 6. The lowest BCUT2D eigenvalue weighted by Gasteiger charge is -2.42. The van der Waals surface area contributed by atoms with Gasteiger partial charge in [0.15, 0.2) is 11.3 Å². The largest absolute Gasteiger partial charge is 0.478 e. The highest BCUT2D eigenvalue weighted by atomic mass is 16.4. The second kappa shape index (κ2) is 9.16. The molecule has 1 aliphatic heterocycles. The van der Waals surface area contributed by atoms with Crippen molar-refractivity contribution in [2.75, 3.05) is 23.3 Å². The Bertz CT molecular complexity index is 1270. The summed E-state index contributed by atoms with van der Waals surface area (Å²) >= 11 is 0. The van der Waals surface area contributed by atoms with Crippen molar-refractivity contribution in [1.29, 1.82) is 0 Å². The van der Waals surface area contributed by atoms with Gasteiger partial charge in [-0.2, -0.15) is 0 Å². The van der Waals surface area contributed by atoms with E-state index in [-0.39, 0.29) is 17.0 Å². The zero-order valence-electron chi connectivity index (χ0n) is 20.6. The molecular formula is C28H34N2O4. The van der Waals surface area contributed by atoms with Gasteiger partial charge in [-0.15, -0.1) is 0 Å². The fourth-order valence-corrected chi connectivity index (χ4v) is 4.82. The summed E-state index contributed by atoms with van der Waals surface area (Å²) in [5, 5.41) is 13.4. The van der Waals surface area contributed by atoms with Crippen LogP contribution in [-0.4, -0.2) is 24.2 Å². The molecule has 2 heterocycles. The third kappa shape index (κ3) is 4.54. The fraction of sp³-hybridized carbons (Fsp3) is 0.429. The molecule has 0 aliphatic carbocycles. The number of nitrogens with zero attached hydrogens (tertiary/aromatic N) is 1. The topological polar surface area (TPSA) is 82.8 Å². The predicted octanol–water partition coefficient (Wildman–Crippen LogP) is 6.24. The maximum atomic E-state index is 13.1. The average molecular weight is 463 g/mol. The van der Waals surface area contributed by atoms with Gasteiger partial charge in [0.2, 0.25) is 0 Å². The molecule has 1 atom stereocenters. The minimum atomic E-state index is -0.989. The number of hydrogen-bond donors (Lipinski definition) is 2. The lowest BCUT2D eigenvalue weighted by Crippen LogP contribution is -2.41. The van der Waals surface area contributed by atoms with E-state index >= 15 is 0 Å². The molecule has 4 rings (SSSR count). The Balaban J connectivity index is 1.71. The Hall–Kier alpha value is -3.28. The number of fused-ring (bicyclic) bond motifs is 1. The summed E-state index contributed by atoms with van der Waals surface area (Å²) in [5.41, 5.74) is 3.31. The summed E-state index contributed by atoms with van der Waals surface area (Å²) in [4.78, 5) is 26.9. The summed E-state index contributed by atoms with van der Waals surface area (Å²) < 4.78 is 6.40. The third-order valence-corrected chi connectivity index (χ3v) is 7.60. The van der Waals surface area contributed by atoms with Gasteiger partial charge in [0.05, 0.1) is 17.0 Å². The van der Waals surface area contributed by atoms with E-state index in [9.17, 15) is 14.7 Å². The van der Waals surface area contributed by atoms with Crippen LogP contribution in [0.1, 0.15) is 68.1 Å². The molecule has 1 unspecified atom stereocenters. The van der Waals surface area contributed by atoms with Gasteiger partial charge in [-0.3, -0.25) is 4.79 Å². The molecule has 0 amide bonds. The number of piperidine rings is 1. The number of nitrogens with one attached hydrogen (secondary N) is 1. The van der Waals surface area contributed by atoms with Crippen LogP contribution in [0.5, 0.6) is 0 Å². The van der Waals surface area contributed by atoms with Crippen molar-refractivity contribution in [3.05, 3.63) is 69.4 Å². The van der Waals surface area contributed by atoms with E-state index in [1.165, 1.54) is 0 Å². The zero-order valence-corrected chi connectivity index (χ0v) is 20.6. The predicted molar refractivity (Wildman–Crippen MR) is 137 cm³/mol. The number of hydrogen-bond acceptors (Lipinski definition) is 5. The average Bonchev–Trinajstić information content (AvgIpc) is 2.79. The molecule has 6 heteroatoms. The number of anilines is 2. The maximum Gasteiger partial charge on any atom is 0.337 e. The van der Waals surface area contributed by atoms with Crippen LogP contribution in [0.3, 0.4) is 0 Å². The van der Waals surface area contributed by atoms with E-state index < -0.39 is 5.97 Å². The van der Waals surface area contributed by atoms with Crippen LogP contribution in [-0.2, 0) is 0 Å². The van der Waals surface area contributed by atoms with E-state index in [0.717, 1.165) is 37.1 Å². The van der Waals surface area contributed by atoms with Crippen LogP contribution in [0, 0.1) is 18.3 Å². The van der Waals surface area contributed by atoms with Crippen LogP contribution in [0.4, 0.5) is 11.6 Å². The summed E-state index contributed by atoms with van der Waals surface area (Å²) in [6, 6.07) is 12.0. The Morgan fingerprint density at radius 2 is 1.79 bits per heavy atom. The van der Waals surface area contributed by atoms with E-state index in [2.05, 4.69) is 31.0 Å². The van der Waals surface area contributed by atoms with Crippen molar-refractivity contribution in [3.8, 4) is 0 Å². The number of benzene rings is 2. The van der Waals surface area contributed by atoms with Crippen molar-refractivity contribution in [1.82, 2.24) is 0 Å². The molecular weight excluding hydrogens is 428 g/mol. The minimum absolute atomic E-state index is 0.0588. The van der Waals surface area contributed by atoms with Crippen LogP contribution >= 0.6 is 0 Å². The highest BCUT2D eigenvalue weighted by Crippen LogP contribution is 2.39. The zero-order chi connectivity index (χ0) is 24.6. The first kappa shape index (κ1) is 23.9. The van der Waals surface area contributed by atoms with Crippen LogP contribution < -0.4 is 15.6 Å². The molecule has 180 valence electrons. The smallest absolute Gasteiger partial charge is 0.337 e. The molecule has 1 aromatic heterocycles. The highest BCUT2D eigenvalue weighted by molar-refractivity contribution is 5.94. The summed E-state index contributed by atoms with van der Waals surface area (Å²) in [5.74, 6) is 0.219. The highest BCUT2D eigenvalue weighted by Gasteiger charge is 2.33. The lowest BCUT2D eigenvalue weighted by atomic mass is 9.72. The normalized spacial score (nSPS) is 16.6. The van der Waals surface area contributed by atoms with Gasteiger partial charge in [-0.25, -0.2) is 4.79 Å². The number of carboxylic acids is 1. The van der Waals surface area contributed by atoms with Gasteiger partial charge in [-0.05, 0) is 61.8 Å². The van der Waals surface area contributed by atoms with E-state index in [1.54, 1.807) is 30.3 Å². The Morgan fingerprint density at radius 3 is 2.44 bits per heavy atom. The first-order valence-electron chi connectivity index (χ1n) is 12.0. The van der Waals surface area contributed by atoms with Gasteiger partial charge >= 0.3 is 5.97 Å². The van der Waals surface area contributed by atoms with Gasteiger partial charge in [0.1, 0.15) is 5.58 Å². The number of carbonyl (C=O) groups is 1.